The highest BCUT2D eigenvalue weighted by Crippen LogP contribution is 2.18. The van der Waals surface area contributed by atoms with Gasteiger partial charge in [-0.1, -0.05) is 52.2 Å². The molecule has 0 aliphatic carbocycles. The van der Waals surface area contributed by atoms with E-state index in [1.807, 2.05) is 12.1 Å². The second-order valence-corrected chi connectivity index (χ2v) is 4.99. The average Bonchev–Trinajstić information content (AvgIpc) is 2.44. The number of nitrogens with one attached hydrogen (secondary N) is 1. The lowest BCUT2D eigenvalue weighted by Gasteiger charge is -2.07. The number of pyridine rings is 1. The van der Waals surface area contributed by atoms with Crippen LogP contribution in [0.2, 0.25) is 0 Å². The van der Waals surface area contributed by atoms with Gasteiger partial charge in [0.05, 0.1) is 5.69 Å². The Balaban J connectivity index is 0.00000200. The molecule has 0 fully saturated rings. The number of aromatic nitrogens is 1. The molecule has 0 atom stereocenters. The SMILES string of the molecule is C.CCCCCCCc1[nH]c2ccccc2c(=O)c1O. The zero-order valence-electron chi connectivity index (χ0n) is 11.4. The molecular formula is C17H25NO2. The lowest BCUT2D eigenvalue weighted by molar-refractivity contribution is 0.458. The Morgan fingerprint density at radius 3 is 2.55 bits per heavy atom. The van der Waals surface area contributed by atoms with Gasteiger partial charge in [-0.05, 0) is 25.0 Å². The molecule has 110 valence electrons. The fraction of sp³-hybridized carbons (Fsp3) is 0.471. The number of rotatable bonds is 6. The Bertz CT molecular complexity index is 601. The molecule has 20 heavy (non-hydrogen) atoms. The summed E-state index contributed by atoms with van der Waals surface area (Å²) in [4.78, 5) is 15.2. The van der Waals surface area contributed by atoms with Crippen LogP contribution in [0, 0.1) is 0 Å². The number of aromatic hydroxyl groups is 1. The first kappa shape index (κ1) is 16.3. The summed E-state index contributed by atoms with van der Waals surface area (Å²) >= 11 is 0. The van der Waals surface area contributed by atoms with E-state index in [2.05, 4.69) is 11.9 Å². The zero-order valence-corrected chi connectivity index (χ0v) is 11.4. The van der Waals surface area contributed by atoms with Gasteiger partial charge in [-0.15, -0.1) is 0 Å². The molecule has 0 radical (unpaired) electrons. The Kier molecular flexibility index (Phi) is 6.29. The van der Waals surface area contributed by atoms with E-state index in [4.69, 9.17) is 0 Å². The average molecular weight is 275 g/mol. The van der Waals surface area contributed by atoms with E-state index < -0.39 is 0 Å². The highest BCUT2D eigenvalue weighted by atomic mass is 16.3. The van der Waals surface area contributed by atoms with E-state index in [-0.39, 0.29) is 18.6 Å². The fourth-order valence-corrected chi connectivity index (χ4v) is 2.36. The van der Waals surface area contributed by atoms with E-state index in [0.717, 1.165) is 24.8 Å². The van der Waals surface area contributed by atoms with E-state index in [9.17, 15) is 9.90 Å². The van der Waals surface area contributed by atoms with Crippen LogP contribution in [0.4, 0.5) is 0 Å². The predicted molar refractivity (Wildman–Crippen MR) is 85.4 cm³/mol. The molecule has 0 aliphatic rings. The maximum Gasteiger partial charge on any atom is 0.231 e. The van der Waals surface area contributed by atoms with Gasteiger partial charge in [-0.3, -0.25) is 4.79 Å². The molecular weight excluding hydrogens is 250 g/mol. The number of hydrogen-bond donors (Lipinski definition) is 2. The summed E-state index contributed by atoms with van der Waals surface area (Å²) in [5.74, 6) is -0.116. The summed E-state index contributed by atoms with van der Waals surface area (Å²) in [5, 5.41) is 10.5. The molecule has 2 rings (SSSR count). The number of para-hydroxylation sites is 1. The summed E-state index contributed by atoms with van der Waals surface area (Å²) < 4.78 is 0. The molecule has 1 aromatic carbocycles. The maximum atomic E-state index is 12.0. The van der Waals surface area contributed by atoms with Gasteiger partial charge in [0.2, 0.25) is 5.43 Å². The largest absolute Gasteiger partial charge is 0.503 e. The summed E-state index contributed by atoms with van der Waals surface area (Å²) in [7, 11) is 0. The maximum absolute atomic E-state index is 12.0. The molecule has 2 aromatic rings. The minimum Gasteiger partial charge on any atom is -0.503 e. The van der Waals surface area contributed by atoms with E-state index >= 15 is 0 Å². The fourth-order valence-electron chi connectivity index (χ4n) is 2.36. The van der Waals surface area contributed by atoms with Crippen molar-refractivity contribution in [1.82, 2.24) is 4.98 Å². The van der Waals surface area contributed by atoms with Crippen molar-refractivity contribution in [2.24, 2.45) is 0 Å². The number of benzene rings is 1. The summed E-state index contributed by atoms with van der Waals surface area (Å²) in [6.45, 7) is 2.19. The number of unbranched alkanes of at least 4 members (excludes halogenated alkanes) is 4. The van der Waals surface area contributed by atoms with Crippen LogP contribution < -0.4 is 5.43 Å². The van der Waals surface area contributed by atoms with Crippen LogP contribution in [0.3, 0.4) is 0 Å². The lowest BCUT2D eigenvalue weighted by Crippen LogP contribution is -2.07. The molecule has 2 N–H and O–H groups in total. The third-order valence-electron chi connectivity index (χ3n) is 3.49. The summed E-state index contributed by atoms with van der Waals surface area (Å²) in [6, 6.07) is 7.30. The number of aryl methyl sites for hydroxylation is 1. The van der Waals surface area contributed by atoms with Crippen molar-refractivity contribution in [3.63, 3.8) is 0 Å². The van der Waals surface area contributed by atoms with Crippen LogP contribution in [-0.4, -0.2) is 10.1 Å². The Labute approximate surface area is 120 Å². The van der Waals surface area contributed by atoms with Crippen molar-refractivity contribution in [2.75, 3.05) is 0 Å². The standard InChI is InChI=1S/C16H21NO2.CH4/c1-2-3-4-5-6-11-14-16(19)15(18)12-9-7-8-10-13(12)17-14;/h7-10,19H,2-6,11H2,1H3,(H,17,18);1H4. The monoisotopic (exact) mass is 275 g/mol. The van der Waals surface area contributed by atoms with Gasteiger partial charge >= 0.3 is 0 Å². The van der Waals surface area contributed by atoms with Gasteiger partial charge in [-0.2, -0.15) is 0 Å². The number of H-pyrrole nitrogens is 1. The van der Waals surface area contributed by atoms with Crippen molar-refractivity contribution >= 4 is 10.9 Å². The second-order valence-electron chi connectivity index (χ2n) is 4.99. The van der Waals surface area contributed by atoms with Crippen molar-refractivity contribution in [3.8, 4) is 5.75 Å². The first-order valence-electron chi connectivity index (χ1n) is 7.07. The van der Waals surface area contributed by atoms with Crippen LogP contribution in [0.5, 0.6) is 5.75 Å². The van der Waals surface area contributed by atoms with Crippen molar-refractivity contribution in [2.45, 2.75) is 52.9 Å². The van der Waals surface area contributed by atoms with Crippen LogP contribution in [0.15, 0.2) is 29.1 Å². The van der Waals surface area contributed by atoms with Crippen molar-refractivity contribution in [1.29, 1.82) is 0 Å². The number of hydrogen-bond acceptors (Lipinski definition) is 2. The second kappa shape index (κ2) is 7.73. The Morgan fingerprint density at radius 1 is 1.10 bits per heavy atom. The van der Waals surface area contributed by atoms with Crippen LogP contribution in [0.1, 0.15) is 52.1 Å². The Morgan fingerprint density at radius 2 is 1.80 bits per heavy atom. The lowest BCUT2D eigenvalue weighted by atomic mass is 10.1. The summed E-state index contributed by atoms with van der Waals surface area (Å²) in [5.41, 5.74) is 1.20. The van der Waals surface area contributed by atoms with E-state index in [1.165, 1.54) is 19.3 Å². The first-order chi connectivity index (χ1) is 9.24. The topological polar surface area (TPSA) is 53.1 Å². The zero-order chi connectivity index (χ0) is 13.7. The summed E-state index contributed by atoms with van der Waals surface area (Å²) in [6.07, 6.45) is 6.56. The molecule has 3 heteroatoms. The van der Waals surface area contributed by atoms with Crippen molar-refractivity contribution < 1.29 is 5.11 Å². The molecule has 0 saturated heterocycles. The van der Waals surface area contributed by atoms with Crippen LogP contribution >= 0.6 is 0 Å². The molecule has 0 amide bonds. The predicted octanol–water partition coefficient (Wildman–Crippen LogP) is 4.38. The molecule has 1 aromatic heterocycles. The van der Waals surface area contributed by atoms with Gasteiger partial charge in [0.25, 0.3) is 0 Å². The number of aromatic amines is 1. The first-order valence-corrected chi connectivity index (χ1v) is 7.07. The normalized spacial score (nSPS) is 10.4. The van der Waals surface area contributed by atoms with E-state index in [1.54, 1.807) is 12.1 Å². The smallest absolute Gasteiger partial charge is 0.231 e. The van der Waals surface area contributed by atoms with Gasteiger partial charge in [-0.25, -0.2) is 0 Å². The molecule has 3 nitrogen and oxygen atoms in total. The van der Waals surface area contributed by atoms with E-state index in [0.29, 0.717) is 11.1 Å². The highest BCUT2D eigenvalue weighted by molar-refractivity contribution is 5.79. The van der Waals surface area contributed by atoms with Gasteiger partial charge in [0, 0.05) is 10.9 Å². The van der Waals surface area contributed by atoms with Gasteiger partial charge in [0.15, 0.2) is 5.75 Å². The molecule has 0 bridgehead atoms. The van der Waals surface area contributed by atoms with Gasteiger partial charge < -0.3 is 10.1 Å². The Hall–Kier alpha value is -1.77. The minimum absolute atomic E-state index is 0. The molecule has 0 unspecified atom stereocenters. The quantitative estimate of drug-likeness (QED) is 0.768. The van der Waals surface area contributed by atoms with Crippen molar-refractivity contribution in [3.05, 3.63) is 40.2 Å². The van der Waals surface area contributed by atoms with Crippen LogP contribution in [-0.2, 0) is 6.42 Å². The molecule has 0 aliphatic heterocycles. The highest BCUT2D eigenvalue weighted by Gasteiger charge is 2.09. The third-order valence-corrected chi connectivity index (χ3v) is 3.49. The molecule has 1 heterocycles. The van der Waals surface area contributed by atoms with Crippen LogP contribution in [0.25, 0.3) is 10.9 Å². The molecule has 0 spiro atoms. The van der Waals surface area contributed by atoms with Gasteiger partial charge in [0.1, 0.15) is 0 Å². The molecule has 0 saturated carbocycles. The third kappa shape index (κ3) is 3.62. The number of fused-ring (bicyclic) bond motifs is 1. The minimum atomic E-state index is -0.266.